The van der Waals surface area contributed by atoms with E-state index >= 15 is 0 Å². The number of carbonyl (C=O) groups excluding carboxylic acids is 4. The molecule has 0 aromatic heterocycles. The Balaban J connectivity index is 1.76. The Hall–Kier alpha value is -2.74. The molecule has 1 fully saturated rings. The SMILES string of the molecule is CCOC(=O)C[C@@H]1C(=O)NCCN1CN1C(=O)c2ccccc2C1=O. The van der Waals surface area contributed by atoms with Crippen LogP contribution in [0.5, 0.6) is 0 Å². The number of amides is 3. The monoisotopic (exact) mass is 345 g/mol. The van der Waals surface area contributed by atoms with Gasteiger partial charge in [-0.25, -0.2) is 0 Å². The van der Waals surface area contributed by atoms with Gasteiger partial charge in [-0.2, -0.15) is 0 Å². The molecule has 0 unspecified atom stereocenters. The number of fused-ring (bicyclic) bond motifs is 1. The minimum absolute atomic E-state index is 0.0379. The van der Waals surface area contributed by atoms with Crippen molar-refractivity contribution in [3.8, 4) is 0 Å². The van der Waals surface area contributed by atoms with Crippen LogP contribution in [0, 0.1) is 0 Å². The Morgan fingerprint density at radius 1 is 1.20 bits per heavy atom. The summed E-state index contributed by atoms with van der Waals surface area (Å²) in [4.78, 5) is 51.7. The molecule has 1 atom stereocenters. The fourth-order valence-electron chi connectivity index (χ4n) is 3.08. The molecular weight excluding hydrogens is 326 g/mol. The minimum atomic E-state index is -0.767. The fraction of sp³-hybridized carbons (Fsp3) is 0.412. The molecule has 1 aromatic carbocycles. The smallest absolute Gasteiger partial charge is 0.307 e. The lowest BCUT2D eigenvalue weighted by atomic mass is 10.1. The first-order valence-electron chi connectivity index (χ1n) is 8.15. The van der Waals surface area contributed by atoms with E-state index < -0.39 is 12.0 Å². The molecule has 0 saturated carbocycles. The Morgan fingerprint density at radius 2 is 1.84 bits per heavy atom. The van der Waals surface area contributed by atoms with E-state index in [4.69, 9.17) is 4.74 Å². The molecule has 0 spiro atoms. The van der Waals surface area contributed by atoms with Crippen LogP contribution in [0.4, 0.5) is 0 Å². The van der Waals surface area contributed by atoms with Crippen molar-refractivity contribution >= 4 is 23.7 Å². The van der Waals surface area contributed by atoms with Crippen LogP contribution in [0.2, 0.25) is 0 Å². The third-order valence-corrected chi connectivity index (χ3v) is 4.31. The molecule has 3 rings (SSSR count). The van der Waals surface area contributed by atoms with Crippen LogP contribution in [0.3, 0.4) is 0 Å². The molecule has 0 aliphatic carbocycles. The summed E-state index contributed by atoms with van der Waals surface area (Å²) in [5, 5.41) is 2.70. The normalized spacial score (nSPS) is 20.4. The maximum absolute atomic E-state index is 12.5. The lowest BCUT2D eigenvalue weighted by molar-refractivity contribution is -0.148. The fourth-order valence-corrected chi connectivity index (χ4v) is 3.08. The van der Waals surface area contributed by atoms with Gasteiger partial charge < -0.3 is 10.1 Å². The van der Waals surface area contributed by atoms with Crippen molar-refractivity contribution in [3.63, 3.8) is 0 Å². The van der Waals surface area contributed by atoms with Crippen molar-refractivity contribution in [1.29, 1.82) is 0 Å². The number of piperazine rings is 1. The summed E-state index contributed by atoms with van der Waals surface area (Å²) in [5.74, 6) is -1.57. The molecule has 3 amide bonds. The highest BCUT2D eigenvalue weighted by Crippen LogP contribution is 2.23. The topological polar surface area (TPSA) is 96.0 Å². The van der Waals surface area contributed by atoms with Crippen LogP contribution in [0.15, 0.2) is 24.3 Å². The van der Waals surface area contributed by atoms with Crippen LogP contribution in [-0.2, 0) is 14.3 Å². The van der Waals surface area contributed by atoms with Gasteiger partial charge >= 0.3 is 5.97 Å². The van der Waals surface area contributed by atoms with E-state index in [2.05, 4.69) is 5.32 Å². The van der Waals surface area contributed by atoms with E-state index in [-0.39, 0.29) is 37.4 Å². The van der Waals surface area contributed by atoms with Gasteiger partial charge in [-0.15, -0.1) is 0 Å². The molecule has 0 bridgehead atoms. The van der Waals surface area contributed by atoms with Gasteiger partial charge in [-0.3, -0.25) is 29.0 Å². The van der Waals surface area contributed by atoms with Gasteiger partial charge in [-0.1, -0.05) is 12.1 Å². The molecule has 0 radical (unpaired) electrons. The molecule has 25 heavy (non-hydrogen) atoms. The summed E-state index contributed by atoms with van der Waals surface area (Å²) in [6.45, 7) is 2.70. The highest BCUT2D eigenvalue weighted by molar-refractivity contribution is 6.21. The molecule has 132 valence electrons. The Kier molecular flexibility index (Phi) is 4.80. The van der Waals surface area contributed by atoms with E-state index in [0.717, 1.165) is 4.90 Å². The summed E-state index contributed by atoms with van der Waals surface area (Å²) >= 11 is 0. The first kappa shape index (κ1) is 17.1. The second kappa shape index (κ2) is 7.02. The number of benzene rings is 1. The number of carbonyl (C=O) groups is 4. The van der Waals surface area contributed by atoms with Crippen molar-refractivity contribution in [2.75, 3.05) is 26.4 Å². The minimum Gasteiger partial charge on any atom is -0.466 e. The number of nitrogens with one attached hydrogen (secondary N) is 1. The summed E-state index contributed by atoms with van der Waals surface area (Å²) < 4.78 is 4.91. The molecule has 2 aliphatic rings. The van der Waals surface area contributed by atoms with Crippen LogP contribution < -0.4 is 5.32 Å². The third-order valence-electron chi connectivity index (χ3n) is 4.31. The predicted molar refractivity (Wildman–Crippen MR) is 86.6 cm³/mol. The van der Waals surface area contributed by atoms with Gasteiger partial charge in [0.05, 0.1) is 30.8 Å². The van der Waals surface area contributed by atoms with Gasteiger partial charge in [0.25, 0.3) is 11.8 Å². The number of ether oxygens (including phenoxy) is 1. The second-order valence-electron chi connectivity index (χ2n) is 5.85. The first-order chi connectivity index (χ1) is 12.0. The second-order valence-corrected chi connectivity index (χ2v) is 5.85. The van der Waals surface area contributed by atoms with Gasteiger partial charge in [-0.05, 0) is 19.1 Å². The molecule has 8 heteroatoms. The van der Waals surface area contributed by atoms with Crippen LogP contribution >= 0.6 is 0 Å². The van der Waals surface area contributed by atoms with Crippen LogP contribution in [0.1, 0.15) is 34.1 Å². The lowest BCUT2D eigenvalue weighted by Gasteiger charge is -2.36. The van der Waals surface area contributed by atoms with Crippen molar-refractivity contribution in [3.05, 3.63) is 35.4 Å². The zero-order valence-electron chi connectivity index (χ0n) is 13.9. The molecule has 1 N–H and O–H groups in total. The predicted octanol–water partition coefficient (Wildman–Crippen LogP) is -0.00630. The van der Waals surface area contributed by atoms with E-state index in [1.807, 2.05) is 0 Å². The molecular formula is C17H19N3O5. The van der Waals surface area contributed by atoms with E-state index in [9.17, 15) is 19.2 Å². The van der Waals surface area contributed by atoms with Gasteiger partial charge in [0.1, 0.15) is 6.04 Å². The third kappa shape index (κ3) is 3.25. The Bertz CT molecular complexity index is 698. The number of rotatable bonds is 5. The Labute approximate surface area is 144 Å². The van der Waals surface area contributed by atoms with Crippen LogP contribution in [0.25, 0.3) is 0 Å². The number of nitrogens with zero attached hydrogens (tertiary/aromatic N) is 2. The van der Waals surface area contributed by atoms with E-state index in [0.29, 0.717) is 24.2 Å². The van der Waals surface area contributed by atoms with Crippen molar-refractivity contribution in [2.24, 2.45) is 0 Å². The van der Waals surface area contributed by atoms with Gasteiger partial charge in [0, 0.05) is 13.1 Å². The zero-order valence-corrected chi connectivity index (χ0v) is 13.9. The largest absolute Gasteiger partial charge is 0.466 e. The summed E-state index contributed by atoms with van der Waals surface area (Å²) in [6, 6.07) is 5.84. The average Bonchev–Trinajstić information content (AvgIpc) is 2.83. The van der Waals surface area contributed by atoms with Crippen molar-refractivity contribution in [1.82, 2.24) is 15.1 Å². The highest BCUT2D eigenvalue weighted by atomic mass is 16.5. The maximum Gasteiger partial charge on any atom is 0.307 e. The quantitative estimate of drug-likeness (QED) is 0.596. The van der Waals surface area contributed by atoms with E-state index in [1.165, 1.54) is 0 Å². The van der Waals surface area contributed by atoms with Gasteiger partial charge in [0.2, 0.25) is 5.91 Å². The molecule has 1 aromatic rings. The first-order valence-corrected chi connectivity index (χ1v) is 8.15. The number of hydrogen-bond donors (Lipinski definition) is 1. The highest BCUT2D eigenvalue weighted by Gasteiger charge is 2.39. The summed E-state index contributed by atoms with van der Waals surface area (Å²) in [7, 11) is 0. The van der Waals surface area contributed by atoms with Crippen LogP contribution in [-0.4, -0.2) is 65.9 Å². The van der Waals surface area contributed by atoms with E-state index in [1.54, 1.807) is 36.1 Å². The van der Waals surface area contributed by atoms with Crippen molar-refractivity contribution in [2.45, 2.75) is 19.4 Å². The summed E-state index contributed by atoms with van der Waals surface area (Å²) in [6.07, 6.45) is -0.122. The number of imide groups is 1. The molecule has 1 saturated heterocycles. The zero-order chi connectivity index (χ0) is 18.0. The standard InChI is InChI=1S/C17H19N3O5/c1-2-25-14(21)9-13-15(22)18-7-8-19(13)10-20-16(23)11-5-3-4-6-12(11)17(20)24/h3-6,13H,2,7-10H2,1H3,(H,18,22)/t13-/m1/s1. The van der Waals surface area contributed by atoms with Gasteiger partial charge in [0.15, 0.2) is 0 Å². The maximum atomic E-state index is 12.5. The molecule has 8 nitrogen and oxygen atoms in total. The number of esters is 1. The number of hydrogen-bond acceptors (Lipinski definition) is 6. The van der Waals surface area contributed by atoms with Crippen molar-refractivity contribution < 1.29 is 23.9 Å². The molecule has 2 aliphatic heterocycles. The lowest BCUT2D eigenvalue weighted by Crippen LogP contribution is -2.59. The average molecular weight is 345 g/mol. The molecule has 2 heterocycles. The summed E-state index contributed by atoms with van der Waals surface area (Å²) in [5.41, 5.74) is 0.715. The Morgan fingerprint density at radius 3 is 2.44 bits per heavy atom.